The number of aliphatic imine (C=N–C) groups is 1. The lowest BCUT2D eigenvalue weighted by atomic mass is 10.0. The third-order valence-corrected chi connectivity index (χ3v) is 4.72. The molecule has 1 atom stereocenters. The summed E-state index contributed by atoms with van der Waals surface area (Å²) in [5.41, 5.74) is 4.39. The van der Waals surface area contributed by atoms with E-state index < -0.39 is 6.23 Å². The van der Waals surface area contributed by atoms with E-state index in [9.17, 15) is 9.90 Å². The van der Waals surface area contributed by atoms with Gasteiger partial charge < -0.3 is 20.0 Å². The molecule has 1 unspecified atom stereocenters. The highest BCUT2D eigenvalue weighted by atomic mass is 35.5. The van der Waals surface area contributed by atoms with Crippen LogP contribution in [0.25, 0.3) is 33.1 Å². The van der Waals surface area contributed by atoms with E-state index in [0.717, 1.165) is 27.5 Å². The zero-order chi connectivity index (χ0) is 19.8. The van der Waals surface area contributed by atoms with Crippen molar-refractivity contribution >= 4 is 39.9 Å². The topological polar surface area (TPSA) is 84.5 Å². The van der Waals surface area contributed by atoms with Gasteiger partial charge in [0, 0.05) is 47.2 Å². The summed E-state index contributed by atoms with van der Waals surface area (Å²) >= 11 is 6.13. The third kappa shape index (κ3) is 3.40. The van der Waals surface area contributed by atoms with Crippen LogP contribution in [-0.2, 0) is 0 Å². The first kappa shape index (κ1) is 18.3. The van der Waals surface area contributed by atoms with Crippen molar-refractivity contribution < 1.29 is 5.11 Å². The highest BCUT2D eigenvalue weighted by molar-refractivity contribution is 6.31. The van der Waals surface area contributed by atoms with Crippen LogP contribution >= 0.6 is 11.6 Å². The molecule has 2 aromatic carbocycles. The number of aliphatic hydroxyl groups is 1. The molecule has 0 bridgehead atoms. The van der Waals surface area contributed by atoms with E-state index in [2.05, 4.69) is 15.0 Å². The van der Waals surface area contributed by atoms with Crippen molar-refractivity contribution in [1.29, 1.82) is 0 Å². The van der Waals surface area contributed by atoms with E-state index in [0.29, 0.717) is 16.1 Å². The highest BCUT2D eigenvalue weighted by Gasteiger charge is 2.14. The fourth-order valence-electron chi connectivity index (χ4n) is 3.24. The van der Waals surface area contributed by atoms with E-state index in [4.69, 9.17) is 11.6 Å². The molecule has 0 saturated heterocycles. The monoisotopic (exact) mass is 394 g/mol. The van der Waals surface area contributed by atoms with Crippen LogP contribution in [-0.4, -0.2) is 40.4 Å². The van der Waals surface area contributed by atoms with Gasteiger partial charge in [-0.1, -0.05) is 29.8 Å². The van der Waals surface area contributed by atoms with E-state index in [-0.39, 0.29) is 5.56 Å². The van der Waals surface area contributed by atoms with Crippen molar-refractivity contribution in [3.05, 3.63) is 69.5 Å². The van der Waals surface area contributed by atoms with Gasteiger partial charge in [-0.15, -0.1) is 0 Å². The lowest BCUT2D eigenvalue weighted by Crippen LogP contribution is -2.09. The Morgan fingerprint density at radius 3 is 2.71 bits per heavy atom. The van der Waals surface area contributed by atoms with Gasteiger partial charge in [-0.2, -0.15) is 0 Å². The molecular formula is C21H19ClN4O2. The van der Waals surface area contributed by atoms with Gasteiger partial charge >= 0.3 is 0 Å². The van der Waals surface area contributed by atoms with Crippen molar-refractivity contribution in [2.45, 2.75) is 6.23 Å². The Balaban J connectivity index is 1.89. The molecule has 6 nitrogen and oxygen atoms in total. The largest absolute Gasteiger partial charge is 0.369 e. The maximum absolute atomic E-state index is 12.3. The first-order valence-electron chi connectivity index (χ1n) is 8.75. The number of H-pyrrole nitrogens is 2. The van der Waals surface area contributed by atoms with Crippen molar-refractivity contribution in [2.75, 3.05) is 14.1 Å². The minimum atomic E-state index is -0.985. The minimum Gasteiger partial charge on any atom is -0.369 e. The van der Waals surface area contributed by atoms with E-state index in [1.807, 2.05) is 44.4 Å². The van der Waals surface area contributed by atoms with Crippen LogP contribution in [0.5, 0.6) is 0 Å². The maximum atomic E-state index is 12.3. The second kappa shape index (κ2) is 7.14. The average molecular weight is 395 g/mol. The summed E-state index contributed by atoms with van der Waals surface area (Å²) in [4.78, 5) is 24.4. The first-order chi connectivity index (χ1) is 13.4. The molecule has 0 aliphatic heterocycles. The maximum Gasteiger partial charge on any atom is 0.249 e. The fraction of sp³-hybridized carbons (Fsp3) is 0.143. The Morgan fingerprint density at radius 2 is 1.93 bits per heavy atom. The van der Waals surface area contributed by atoms with Crippen LogP contribution in [0, 0.1) is 0 Å². The lowest BCUT2D eigenvalue weighted by Gasteiger charge is -2.10. The average Bonchev–Trinajstić information content (AvgIpc) is 3.03. The Hall–Kier alpha value is -3.09. The number of fused-ring (bicyclic) bond motifs is 3. The summed E-state index contributed by atoms with van der Waals surface area (Å²) in [6.07, 6.45) is 0.575. The molecule has 7 heteroatoms. The molecule has 0 aliphatic carbocycles. The Labute approximate surface area is 166 Å². The molecule has 0 radical (unpaired) electrons. The zero-order valence-electron chi connectivity index (χ0n) is 15.4. The number of benzene rings is 2. The molecular weight excluding hydrogens is 376 g/mol. The quantitative estimate of drug-likeness (QED) is 0.362. The molecule has 4 rings (SSSR count). The second-order valence-corrected chi connectivity index (χ2v) is 7.28. The number of nitrogens with zero attached hydrogens (tertiary/aromatic N) is 2. The summed E-state index contributed by atoms with van der Waals surface area (Å²) in [6, 6.07) is 14.4. The van der Waals surface area contributed by atoms with Crippen LogP contribution in [0.15, 0.2) is 58.3 Å². The number of nitrogens with one attached hydrogen (secondary N) is 2. The molecule has 4 aromatic rings. The van der Waals surface area contributed by atoms with Crippen LogP contribution in [0.1, 0.15) is 11.8 Å². The van der Waals surface area contributed by atoms with Crippen molar-refractivity contribution in [3.8, 4) is 11.1 Å². The fourth-order valence-corrected chi connectivity index (χ4v) is 3.41. The Bertz CT molecular complexity index is 1260. The molecule has 28 heavy (non-hydrogen) atoms. The summed E-state index contributed by atoms with van der Waals surface area (Å²) in [5.74, 6) is 0. The second-order valence-electron chi connectivity index (χ2n) is 6.84. The highest BCUT2D eigenvalue weighted by Crippen LogP contribution is 2.33. The van der Waals surface area contributed by atoms with Crippen molar-refractivity contribution in [1.82, 2.24) is 14.9 Å². The molecule has 0 spiro atoms. The number of hydrogen-bond donors (Lipinski definition) is 3. The molecule has 0 fully saturated rings. The van der Waals surface area contributed by atoms with Gasteiger partial charge in [-0.25, -0.2) is 4.99 Å². The number of aromatic nitrogens is 2. The number of hydrogen-bond acceptors (Lipinski definition) is 3. The van der Waals surface area contributed by atoms with Gasteiger partial charge in [0.1, 0.15) is 0 Å². The van der Waals surface area contributed by atoms with Gasteiger partial charge in [0.15, 0.2) is 6.23 Å². The molecule has 2 aromatic heterocycles. The molecule has 0 aliphatic rings. The van der Waals surface area contributed by atoms with E-state index in [1.165, 1.54) is 0 Å². The summed E-state index contributed by atoms with van der Waals surface area (Å²) in [7, 11) is 3.67. The van der Waals surface area contributed by atoms with Gasteiger partial charge in [0.25, 0.3) is 0 Å². The number of aliphatic hydroxyl groups excluding tert-OH is 1. The molecule has 142 valence electrons. The Morgan fingerprint density at radius 1 is 1.11 bits per heavy atom. The van der Waals surface area contributed by atoms with Crippen LogP contribution in [0.2, 0.25) is 5.02 Å². The van der Waals surface area contributed by atoms with Gasteiger partial charge in [-0.05, 0) is 29.8 Å². The van der Waals surface area contributed by atoms with Gasteiger partial charge in [0.05, 0.1) is 17.4 Å². The predicted molar refractivity (Wildman–Crippen MR) is 114 cm³/mol. The number of pyridine rings is 1. The number of rotatable bonds is 4. The standard InChI is InChI=1S/C21H19ClN4O2/c1-26(2)11-23-21(28)13-5-3-4-12(8-13)15-10-18(27)25-20-16-9-14(22)6-7-17(16)24-19(15)20/h3-11,21,24,28H,1-2H3,(H,25,27). The SMILES string of the molecule is CN(C)C=NC(O)c1cccc(-c2cc(=O)[nH]c3c2[nH]c2ccc(Cl)cc23)c1. The number of aromatic amines is 2. The summed E-state index contributed by atoms with van der Waals surface area (Å²) in [5, 5.41) is 11.8. The number of halogens is 1. The zero-order valence-corrected chi connectivity index (χ0v) is 16.2. The predicted octanol–water partition coefficient (Wildman–Crippen LogP) is 3.91. The Kier molecular flexibility index (Phi) is 4.66. The van der Waals surface area contributed by atoms with Crippen LogP contribution in [0.3, 0.4) is 0 Å². The molecule has 0 saturated carbocycles. The lowest BCUT2D eigenvalue weighted by molar-refractivity contribution is 0.188. The minimum absolute atomic E-state index is 0.208. The van der Waals surface area contributed by atoms with Crippen LogP contribution < -0.4 is 5.56 Å². The normalized spacial score (nSPS) is 12.9. The van der Waals surface area contributed by atoms with E-state index >= 15 is 0 Å². The summed E-state index contributed by atoms with van der Waals surface area (Å²) in [6.45, 7) is 0. The summed E-state index contributed by atoms with van der Waals surface area (Å²) < 4.78 is 0. The third-order valence-electron chi connectivity index (χ3n) is 4.49. The van der Waals surface area contributed by atoms with Crippen molar-refractivity contribution in [2.24, 2.45) is 4.99 Å². The van der Waals surface area contributed by atoms with E-state index in [1.54, 1.807) is 29.4 Å². The van der Waals surface area contributed by atoms with Crippen LogP contribution in [0.4, 0.5) is 0 Å². The molecule has 2 heterocycles. The molecule has 3 N–H and O–H groups in total. The van der Waals surface area contributed by atoms with Gasteiger partial charge in [-0.3, -0.25) is 4.79 Å². The smallest absolute Gasteiger partial charge is 0.249 e. The molecule has 0 amide bonds. The first-order valence-corrected chi connectivity index (χ1v) is 9.12. The van der Waals surface area contributed by atoms with Gasteiger partial charge in [0.2, 0.25) is 5.56 Å². The van der Waals surface area contributed by atoms with Crippen molar-refractivity contribution in [3.63, 3.8) is 0 Å².